The molecule has 3 aromatic rings. The summed E-state index contributed by atoms with van der Waals surface area (Å²) in [4.78, 5) is 16.6. The molecule has 2 heterocycles. The van der Waals surface area contributed by atoms with Gasteiger partial charge in [0.05, 0.1) is 6.54 Å². The van der Waals surface area contributed by atoms with E-state index >= 15 is 0 Å². The Balaban J connectivity index is 1.45. The molecule has 5 heteroatoms. The molecule has 2 aromatic heterocycles. The second kappa shape index (κ2) is 8.55. The normalized spacial score (nSPS) is 12.9. The van der Waals surface area contributed by atoms with Crippen molar-refractivity contribution in [2.45, 2.75) is 32.9 Å². The maximum Gasteiger partial charge on any atom is 0.254 e. The van der Waals surface area contributed by atoms with Gasteiger partial charge in [0.25, 0.3) is 5.56 Å². The van der Waals surface area contributed by atoms with E-state index in [9.17, 15) is 4.79 Å². The Morgan fingerprint density at radius 3 is 2.69 bits per heavy atom. The van der Waals surface area contributed by atoms with Crippen molar-refractivity contribution in [3.63, 3.8) is 0 Å². The minimum atomic E-state index is -0.102. The van der Waals surface area contributed by atoms with Crippen molar-refractivity contribution in [1.29, 1.82) is 0 Å². The van der Waals surface area contributed by atoms with Gasteiger partial charge in [-0.25, -0.2) is 4.98 Å². The molecule has 146 valence electrons. The summed E-state index contributed by atoms with van der Waals surface area (Å²) in [5, 5.41) is 0.405. The third kappa shape index (κ3) is 5.07. The van der Waals surface area contributed by atoms with Crippen LogP contribution in [0.4, 0.5) is 0 Å². The zero-order chi connectivity index (χ0) is 20.2. The maximum absolute atomic E-state index is 12.6. The first-order valence-electron chi connectivity index (χ1n) is 9.62. The van der Waals surface area contributed by atoms with Gasteiger partial charge < -0.3 is 9.30 Å². The molecule has 0 atom stereocenters. The predicted octanol–water partition coefficient (Wildman–Crippen LogP) is 4.59. The van der Waals surface area contributed by atoms with Crippen LogP contribution >= 0.6 is 11.6 Å². The topological polar surface area (TPSA) is 44.1 Å². The van der Waals surface area contributed by atoms with Crippen molar-refractivity contribution in [1.82, 2.24) is 9.55 Å². The van der Waals surface area contributed by atoms with E-state index < -0.39 is 0 Å². The monoisotopic (exact) mass is 404 g/mol. The van der Waals surface area contributed by atoms with E-state index in [0.717, 1.165) is 22.4 Å². The highest BCUT2D eigenvalue weighted by Crippen LogP contribution is 2.27. The van der Waals surface area contributed by atoms with Crippen LogP contribution in [-0.2, 0) is 13.2 Å². The standard InChI is InChI=1S/C24H21ClN2O2/c1-17-13-22(29-16-21-3-2-12-26-24(21)25)14-23(28)27(17)15-20-10-8-19(9-11-20)7-6-18-4-5-18/h2-3,8-14,18H,4-5,15-16H2,1H3. The molecule has 4 rings (SSSR count). The summed E-state index contributed by atoms with van der Waals surface area (Å²) in [5.74, 6) is 7.58. The molecule has 0 radical (unpaired) electrons. The molecule has 0 bridgehead atoms. The Bertz CT molecular complexity index is 1140. The third-order valence-corrected chi connectivity index (χ3v) is 5.17. The van der Waals surface area contributed by atoms with Crippen LogP contribution in [0, 0.1) is 24.7 Å². The fraction of sp³-hybridized carbons (Fsp3) is 0.250. The van der Waals surface area contributed by atoms with Gasteiger partial charge in [-0.05, 0) is 49.6 Å². The summed E-state index contributed by atoms with van der Waals surface area (Å²) >= 11 is 6.05. The minimum Gasteiger partial charge on any atom is -0.489 e. The third-order valence-electron chi connectivity index (χ3n) is 4.83. The van der Waals surface area contributed by atoms with Crippen molar-refractivity contribution in [3.05, 3.63) is 92.6 Å². The lowest BCUT2D eigenvalue weighted by Crippen LogP contribution is -2.22. The van der Waals surface area contributed by atoms with Gasteiger partial charge in [-0.1, -0.05) is 41.6 Å². The van der Waals surface area contributed by atoms with Crippen LogP contribution in [0.15, 0.2) is 59.5 Å². The van der Waals surface area contributed by atoms with E-state index in [1.807, 2.05) is 43.3 Å². The molecule has 1 aliphatic carbocycles. The number of benzene rings is 1. The SMILES string of the molecule is Cc1cc(OCc2cccnc2Cl)cc(=O)n1Cc1ccc(C#CC2CC2)cc1. The number of nitrogens with zero attached hydrogens (tertiary/aromatic N) is 2. The van der Waals surface area contributed by atoms with Crippen molar-refractivity contribution in [2.75, 3.05) is 0 Å². The number of halogens is 1. The fourth-order valence-corrected chi connectivity index (χ4v) is 3.14. The maximum atomic E-state index is 12.6. The highest BCUT2D eigenvalue weighted by atomic mass is 35.5. The molecular formula is C24H21ClN2O2. The smallest absolute Gasteiger partial charge is 0.254 e. The van der Waals surface area contributed by atoms with Crippen molar-refractivity contribution >= 4 is 11.6 Å². The van der Waals surface area contributed by atoms with Gasteiger partial charge in [-0.3, -0.25) is 4.79 Å². The number of hydrogen-bond acceptors (Lipinski definition) is 3. The molecule has 0 saturated heterocycles. The van der Waals surface area contributed by atoms with E-state index in [1.54, 1.807) is 16.8 Å². The molecule has 0 N–H and O–H groups in total. The van der Waals surface area contributed by atoms with Gasteiger partial charge in [0.15, 0.2) is 0 Å². The number of ether oxygens (including phenoxy) is 1. The molecule has 0 amide bonds. The first-order valence-corrected chi connectivity index (χ1v) is 10.0. The largest absolute Gasteiger partial charge is 0.489 e. The van der Waals surface area contributed by atoms with Gasteiger partial charge in [0, 0.05) is 35.0 Å². The lowest BCUT2D eigenvalue weighted by molar-refractivity contribution is 0.304. The van der Waals surface area contributed by atoms with Crippen LogP contribution in [0.25, 0.3) is 0 Å². The van der Waals surface area contributed by atoms with E-state index in [0.29, 0.717) is 23.4 Å². The van der Waals surface area contributed by atoms with Gasteiger partial charge in [-0.2, -0.15) is 0 Å². The summed E-state index contributed by atoms with van der Waals surface area (Å²) in [6.45, 7) is 2.68. The van der Waals surface area contributed by atoms with Crippen molar-refractivity contribution < 1.29 is 4.74 Å². The van der Waals surface area contributed by atoms with Crippen LogP contribution in [0.2, 0.25) is 5.15 Å². The van der Waals surface area contributed by atoms with Gasteiger partial charge in [-0.15, -0.1) is 0 Å². The first kappa shape index (κ1) is 19.3. The Morgan fingerprint density at radius 2 is 2.00 bits per heavy atom. The fourth-order valence-electron chi connectivity index (χ4n) is 2.96. The second-order valence-corrected chi connectivity index (χ2v) is 7.60. The molecule has 1 aromatic carbocycles. The molecule has 0 aliphatic heterocycles. The first-order chi connectivity index (χ1) is 14.1. The highest BCUT2D eigenvalue weighted by molar-refractivity contribution is 6.30. The Kier molecular flexibility index (Phi) is 5.69. The Labute approximate surface area is 175 Å². The van der Waals surface area contributed by atoms with Crippen LogP contribution in [0.3, 0.4) is 0 Å². The summed E-state index contributed by atoms with van der Waals surface area (Å²) in [5.41, 5.74) is 3.59. The molecule has 1 aliphatic rings. The number of aryl methyl sites for hydroxylation is 1. The van der Waals surface area contributed by atoms with E-state index in [-0.39, 0.29) is 12.2 Å². The number of rotatable bonds is 5. The number of hydrogen-bond donors (Lipinski definition) is 0. The molecule has 0 unspecified atom stereocenters. The molecular weight excluding hydrogens is 384 g/mol. The van der Waals surface area contributed by atoms with Crippen LogP contribution in [-0.4, -0.2) is 9.55 Å². The summed E-state index contributed by atoms with van der Waals surface area (Å²) in [6.07, 6.45) is 4.08. The van der Waals surface area contributed by atoms with Crippen molar-refractivity contribution in [2.24, 2.45) is 5.92 Å². The molecule has 29 heavy (non-hydrogen) atoms. The summed E-state index contributed by atoms with van der Waals surface area (Å²) in [6, 6.07) is 15.1. The van der Waals surface area contributed by atoms with E-state index in [2.05, 4.69) is 16.8 Å². The zero-order valence-electron chi connectivity index (χ0n) is 16.2. The Hall–Kier alpha value is -3.03. The lowest BCUT2D eigenvalue weighted by Gasteiger charge is -2.13. The van der Waals surface area contributed by atoms with E-state index in [4.69, 9.17) is 16.3 Å². The molecule has 0 spiro atoms. The van der Waals surface area contributed by atoms with E-state index in [1.165, 1.54) is 18.9 Å². The molecule has 1 saturated carbocycles. The minimum absolute atomic E-state index is 0.102. The number of aromatic nitrogens is 2. The van der Waals surface area contributed by atoms with Crippen LogP contribution < -0.4 is 10.3 Å². The van der Waals surface area contributed by atoms with Gasteiger partial charge >= 0.3 is 0 Å². The zero-order valence-corrected chi connectivity index (χ0v) is 16.9. The quantitative estimate of drug-likeness (QED) is 0.461. The highest BCUT2D eigenvalue weighted by Gasteiger charge is 2.17. The summed E-state index contributed by atoms with van der Waals surface area (Å²) in [7, 11) is 0. The lowest BCUT2D eigenvalue weighted by atomic mass is 10.1. The summed E-state index contributed by atoms with van der Waals surface area (Å²) < 4.78 is 7.48. The predicted molar refractivity (Wildman–Crippen MR) is 114 cm³/mol. The van der Waals surface area contributed by atoms with Crippen molar-refractivity contribution in [3.8, 4) is 17.6 Å². The Morgan fingerprint density at radius 1 is 1.21 bits per heavy atom. The number of pyridine rings is 2. The second-order valence-electron chi connectivity index (χ2n) is 7.24. The average Bonchev–Trinajstić information content (AvgIpc) is 3.54. The van der Waals surface area contributed by atoms with Crippen LogP contribution in [0.1, 0.15) is 35.2 Å². The molecule has 4 nitrogen and oxygen atoms in total. The van der Waals surface area contributed by atoms with Gasteiger partial charge in [0.2, 0.25) is 0 Å². The van der Waals surface area contributed by atoms with Gasteiger partial charge in [0.1, 0.15) is 17.5 Å². The molecule has 1 fully saturated rings. The average molecular weight is 405 g/mol. The van der Waals surface area contributed by atoms with Crippen LogP contribution in [0.5, 0.6) is 5.75 Å².